The molecular formula is C8H11N3O2. The highest BCUT2D eigenvalue weighted by Gasteiger charge is 2.25. The predicted molar refractivity (Wildman–Crippen MR) is 46.2 cm³/mol. The van der Waals surface area contributed by atoms with Crippen LogP contribution in [0.25, 0.3) is 0 Å². The van der Waals surface area contributed by atoms with Crippen molar-refractivity contribution in [3.8, 4) is 0 Å². The van der Waals surface area contributed by atoms with E-state index in [9.17, 15) is 4.79 Å². The van der Waals surface area contributed by atoms with Gasteiger partial charge in [-0.05, 0) is 6.92 Å². The number of rotatable bonds is 2. The molecule has 0 spiro atoms. The summed E-state index contributed by atoms with van der Waals surface area (Å²) in [4.78, 5) is 15.2. The molecule has 13 heavy (non-hydrogen) atoms. The molecular weight excluding hydrogens is 170 g/mol. The number of nitrogens with zero attached hydrogens (tertiary/aromatic N) is 1. The summed E-state index contributed by atoms with van der Waals surface area (Å²) in [6.45, 7) is 3.27. The molecule has 1 aromatic rings. The normalized spacial score (nSPS) is 16.7. The Kier molecular flexibility index (Phi) is 2.02. The van der Waals surface area contributed by atoms with Gasteiger partial charge in [0.25, 0.3) is 0 Å². The average Bonchev–Trinajstić information content (AvgIpc) is 2.31. The molecule has 70 valence electrons. The van der Waals surface area contributed by atoms with Gasteiger partial charge in [-0.25, -0.2) is 4.98 Å². The number of hydrogen-bond donors (Lipinski definition) is 2. The van der Waals surface area contributed by atoms with Crippen LogP contribution in [-0.2, 0) is 4.79 Å². The molecule has 1 fully saturated rings. The van der Waals surface area contributed by atoms with E-state index in [0.29, 0.717) is 5.76 Å². The predicted octanol–water partition coefficient (Wildman–Crippen LogP) is 0.141. The van der Waals surface area contributed by atoms with Gasteiger partial charge in [0.15, 0.2) is 0 Å². The number of aromatic nitrogens is 1. The van der Waals surface area contributed by atoms with Gasteiger partial charge >= 0.3 is 6.01 Å². The topological polar surface area (TPSA) is 67.2 Å². The van der Waals surface area contributed by atoms with E-state index < -0.39 is 0 Å². The molecule has 0 unspecified atom stereocenters. The first-order valence-electron chi connectivity index (χ1n) is 4.20. The summed E-state index contributed by atoms with van der Waals surface area (Å²) in [6.07, 6.45) is 1.58. The minimum Gasteiger partial charge on any atom is -0.429 e. The van der Waals surface area contributed by atoms with E-state index in [1.165, 1.54) is 0 Å². The van der Waals surface area contributed by atoms with Crippen LogP contribution in [0.4, 0.5) is 6.01 Å². The third-order valence-electron chi connectivity index (χ3n) is 2.00. The molecule has 0 radical (unpaired) electrons. The number of aryl methyl sites for hydroxylation is 1. The molecule has 0 aliphatic carbocycles. The third kappa shape index (κ3) is 1.70. The Morgan fingerprint density at radius 3 is 3.00 bits per heavy atom. The lowest BCUT2D eigenvalue weighted by molar-refractivity contribution is -0.121. The molecule has 2 heterocycles. The molecule has 1 saturated heterocycles. The highest BCUT2D eigenvalue weighted by molar-refractivity contribution is 5.91. The molecule has 1 aromatic heterocycles. The van der Waals surface area contributed by atoms with Crippen molar-refractivity contribution in [1.82, 2.24) is 10.3 Å². The highest BCUT2D eigenvalue weighted by Crippen LogP contribution is 2.10. The Bertz CT molecular complexity index is 317. The fourth-order valence-corrected chi connectivity index (χ4v) is 1.09. The van der Waals surface area contributed by atoms with Crippen LogP contribution in [0.1, 0.15) is 5.76 Å². The van der Waals surface area contributed by atoms with Gasteiger partial charge in [0.05, 0.1) is 12.1 Å². The van der Waals surface area contributed by atoms with Gasteiger partial charge in [-0.2, -0.15) is 0 Å². The number of carbonyl (C=O) groups excluding carboxylic acids is 1. The van der Waals surface area contributed by atoms with E-state index in [1.54, 1.807) is 13.1 Å². The van der Waals surface area contributed by atoms with E-state index in [2.05, 4.69) is 15.6 Å². The maximum Gasteiger partial charge on any atom is 0.301 e. The lowest BCUT2D eigenvalue weighted by Gasteiger charge is -2.24. The first-order valence-corrected chi connectivity index (χ1v) is 4.20. The maximum absolute atomic E-state index is 11.4. The molecule has 0 atom stereocenters. The van der Waals surface area contributed by atoms with Gasteiger partial charge in [0.1, 0.15) is 5.76 Å². The minimum absolute atomic E-state index is 0.0272. The molecule has 0 saturated carbocycles. The molecule has 5 nitrogen and oxygen atoms in total. The first kappa shape index (κ1) is 8.25. The molecule has 2 rings (SSSR count). The molecule has 0 aromatic carbocycles. The summed E-state index contributed by atoms with van der Waals surface area (Å²) in [7, 11) is 0. The van der Waals surface area contributed by atoms with E-state index >= 15 is 0 Å². The summed E-state index contributed by atoms with van der Waals surface area (Å²) in [5, 5.41) is 5.63. The van der Waals surface area contributed by atoms with Gasteiger partial charge in [0.2, 0.25) is 5.91 Å². The van der Waals surface area contributed by atoms with Crippen molar-refractivity contribution in [3.63, 3.8) is 0 Å². The zero-order valence-electron chi connectivity index (χ0n) is 7.33. The lowest BCUT2D eigenvalue weighted by Crippen LogP contribution is -2.48. The largest absolute Gasteiger partial charge is 0.429 e. The fourth-order valence-electron chi connectivity index (χ4n) is 1.09. The fraction of sp³-hybridized carbons (Fsp3) is 0.500. The molecule has 0 bridgehead atoms. The van der Waals surface area contributed by atoms with Crippen molar-refractivity contribution in [2.75, 3.05) is 18.4 Å². The van der Waals surface area contributed by atoms with E-state index in [1.807, 2.05) is 0 Å². The van der Waals surface area contributed by atoms with Gasteiger partial charge in [0, 0.05) is 13.1 Å². The summed E-state index contributed by atoms with van der Waals surface area (Å²) in [6, 6.07) is 0.286. The Morgan fingerprint density at radius 1 is 1.77 bits per heavy atom. The van der Waals surface area contributed by atoms with E-state index in [0.717, 1.165) is 13.1 Å². The Labute approximate surface area is 75.5 Å². The number of anilines is 1. The Morgan fingerprint density at radius 2 is 2.54 bits per heavy atom. The van der Waals surface area contributed by atoms with E-state index in [-0.39, 0.29) is 17.8 Å². The molecule has 5 heteroatoms. The van der Waals surface area contributed by atoms with Gasteiger partial charge in [-0.15, -0.1) is 0 Å². The number of oxazole rings is 1. The van der Waals surface area contributed by atoms with Crippen molar-refractivity contribution in [1.29, 1.82) is 0 Å². The lowest BCUT2D eigenvalue weighted by atomic mass is 10.0. The van der Waals surface area contributed by atoms with Crippen molar-refractivity contribution in [2.45, 2.75) is 6.92 Å². The number of amides is 1. The summed E-state index contributed by atoms with van der Waals surface area (Å²) < 4.78 is 5.11. The van der Waals surface area contributed by atoms with Gasteiger partial charge in [-0.1, -0.05) is 0 Å². The second-order valence-corrected chi connectivity index (χ2v) is 3.12. The quantitative estimate of drug-likeness (QED) is 0.681. The van der Waals surface area contributed by atoms with Crippen molar-refractivity contribution in [3.05, 3.63) is 12.0 Å². The molecule has 1 aliphatic heterocycles. The van der Waals surface area contributed by atoms with Crippen LogP contribution < -0.4 is 10.6 Å². The zero-order valence-corrected chi connectivity index (χ0v) is 7.33. The second-order valence-electron chi connectivity index (χ2n) is 3.12. The van der Waals surface area contributed by atoms with Gasteiger partial charge in [-0.3, -0.25) is 10.1 Å². The first-order chi connectivity index (χ1) is 6.25. The van der Waals surface area contributed by atoms with Crippen molar-refractivity contribution < 1.29 is 9.21 Å². The van der Waals surface area contributed by atoms with Gasteiger partial charge < -0.3 is 9.73 Å². The van der Waals surface area contributed by atoms with Crippen LogP contribution in [0.5, 0.6) is 0 Å². The van der Waals surface area contributed by atoms with Crippen LogP contribution in [0.2, 0.25) is 0 Å². The Hall–Kier alpha value is -1.36. The molecule has 1 aliphatic rings. The SMILES string of the molecule is Cc1cnc(NC(=O)C2CNC2)o1. The molecule has 1 amide bonds. The third-order valence-corrected chi connectivity index (χ3v) is 2.00. The van der Waals surface area contributed by atoms with Crippen LogP contribution in [-0.4, -0.2) is 24.0 Å². The van der Waals surface area contributed by atoms with Crippen LogP contribution in [0, 0.1) is 12.8 Å². The second kappa shape index (κ2) is 3.18. The Balaban J connectivity index is 1.93. The van der Waals surface area contributed by atoms with Crippen LogP contribution >= 0.6 is 0 Å². The zero-order chi connectivity index (χ0) is 9.26. The number of carbonyl (C=O) groups is 1. The van der Waals surface area contributed by atoms with Crippen molar-refractivity contribution >= 4 is 11.9 Å². The summed E-state index contributed by atoms with van der Waals surface area (Å²) in [5.74, 6) is 0.731. The number of hydrogen-bond acceptors (Lipinski definition) is 4. The van der Waals surface area contributed by atoms with Crippen LogP contribution in [0.3, 0.4) is 0 Å². The van der Waals surface area contributed by atoms with Crippen LogP contribution in [0.15, 0.2) is 10.6 Å². The van der Waals surface area contributed by atoms with E-state index in [4.69, 9.17) is 4.42 Å². The number of nitrogens with one attached hydrogen (secondary N) is 2. The smallest absolute Gasteiger partial charge is 0.301 e. The minimum atomic E-state index is -0.0272. The maximum atomic E-state index is 11.4. The monoisotopic (exact) mass is 181 g/mol. The van der Waals surface area contributed by atoms with Crippen molar-refractivity contribution in [2.24, 2.45) is 5.92 Å². The summed E-state index contributed by atoms with van der Waals surface area (Å²) >= 11 is 0. The molecule has 2 N–H and O–H groups in total. The highest BCUT2D eigenvalue weighted by atomic mass is 16.4. The standard InChI is InChI=1S/C8H11N3O2/c1-5-2-10-8(13-5)11-7(12)6-3-9-4-6/h2,6,9H,3-4H2,1H3,(H,10,11,12). The summed E-state index contributed by atoms with van der Waals surface area (Å²) in [5.41, 5.74) is 0. The average molecular weight is 181 g/mol.